The van der Waals surface area contributed by atoms with Crippen LogP contribution in [-0.4, -0.2) is 62.1 Å². The summed E-state index contributed by atoms with van der Waals surface area (Å²) in [5, 5.41) is 3.62. The number of methoxy groups -OCH3 is 1. The summed E-state index contributed by atoms with van der Waals surface area (Å²) in [6.45, 7) is 8.25. The van der Waals surface area contributed by atoms with Crippen molar-refractivity contribution in [3.05, 3.63) is 53.6 Å². The first-order valence-corrected chi connectivity index (χ1v) is 10.6. The van der Waals surface area contributed by atoms with E-state index in [1.165, 1.54) is 11.1 Å². The van der Waals surface area contributed by atoms with Gasteiger partial charge in [0.15, 0.2) is 0 Å². The number of ether oxygens (including phenoxy) is 1. The molecule has 0 amide bonds. The summed E-state index contributed by atoms with van der Waals surface area (Å²) in [6.07, 6.45) is 1.03. The number of rotatable bonds is 4. The molecule has 5 heteroatoms. The van der Waals surface area contributed by atoms with E-state index in [0.717, 1.165) is 55.6 Å². The Labute approximate surface area is 174 Å². The summed E-state index contributed by atoms with van der Waals surface area (Å²) in [4.78, 5) is 10.1. The first-order chi connectivity index (χ1) is 14.1. The summed E-state index contributed by atoms with van der Waals surface area (Å²) < 4.78 is 5.35. The van der Waals surface area contributed by atoms with Crippen molar-refractivity contribution in [1.29, 1.82) is 0 Å². The fraction of sp³-hybridized carbons (Fsp3) is 0.458. The summed E-state index contributed by atoms with van der Waals surface area (Å²) in [6, 6.07) is 15.5. The molecular weight excluding hydrogens is 360 g/mol. The van der Waals surface area contributed by atoms with Crippen LogP contribution in [0.15, 0.2) is 47.5 Å². The molecule has 2 aliphatic rings. The number of hydrogen-bond donors (Lipinski definition) is 1. The van der Waals surface area contributed by atoms with Crippen LogP contribution >= 0.6 is 0 Å². The SMILES string of the molecule is COCCC1CN(C2=Nc3ccccc3Nc3ccc(C(C)C)cc32)CCN1C. The van der Waals surface area contributed by atoms with E-state index in [1.807, 2.05) is 0 Å². The average Bonchev–Trinajstić information content (AvgIpc) is 2.89. The van der Waals surface area contributed by atoms with E-state index in [1.54, 1.807) is 7.11 Å². The lowest BCUT2D eigenvalue weighted by atomic mass is 9.98. The van der Waals surface area contributed by atoms with Gasteiger partial charge in [-0.05, 0) is 49.2 Å². The van der Waals surface area contributed by atoms with Gasteiger partial charge in [-0.25, -0.2) is 4.99 Å². The van der Waals surface area contributed by atoms with Gasteiger partial charge in [0, 0.05) is 50.6 Å². The molecule has 0 spiro atoms. The van der Waals surface area contributed by atoms with Crippen molar-refractivity contribution < 1.29 is 4.74 Å². The Hall–Kier alpha value is -2.37. The molecule has 0 bridgehead atoms. The van der Waals surface area contributed by atoms with E-state index in [9.17, 15) is 0 Å². The lowest BCUT2D eigenvalue weighted by Crippen LogP contribution is -2.53. The number of aliphatic imine (C=N–C) groups is 1. The molecule has 2 aliphatic heterocycles. The van der Waals surface area contributed by atoms with Gasteiger partial charge >= 0.3 is 0 Å². The molecule has 5 nitrogen and oxygen atoms in total. The van der Waals surface area contributed by atoms with Crippen molar-refractivity contribution >= 4 is 22.9 Å². The van der Waals surface area contributed by atoms with E-state index >= 15 is 0 Å². The fourth-order valence-corrected chi connectivity index (χ4v) is 4.16. The Morgan fingerprint density at radius 2 is 1.97 bits per heavy atom. The Morgan fingerprint density at radius 3 is 2.76 bits per heavy atom. The maximum absolute atomic E-state index is 5.35. The molecule has 1 fully saturated rings. The molecule has 2 heterocycles. The van der Waals surface area contributed by atoms with Crippen LogP contribution in [0.4, 0.5) is 17.1 Å². The summed E-state index contributed by atoms with van der Waals surface area (Å²) >= 11 is 0. The monoisotopic (exact) mass is 392 g/mol. The lowest BCUT2D eigenvalue weighted by Gasteiger charge is -2.41. The third-order valence-corrected chi connectivity index (χ3v) is 6.08. The number of likely N-dealkylation sites (N-methyl/N-ethyl adjacent to an activating group) is 1. The van der Waals surface area contributed by atoms with Gasteiger partial charge in [0.05, 0.1) is 11.4 Å². The Kier molecular flexibility index (Phi) is 5.88. The number of hydrogen-bond acceptors (Lipinski definition) is 5. The maximum atomic E-state index is 5.35. The summed E-state index contributed by atoms with van der Waals surface area (Å²) in [5.74, 6) is 1.56. The molecule has 1 saturated heterocycles. The van der Waals surface area contributed by atoms with Gasteiger partial charge in [0.1, 0.15) is 5.84 Å². The minimum absolute atomic E-state index is 0.467. The maximum Gasteiger partial charge on any atom is 0.138 e. The highest BCUT2D eigenvalue weighted by molar-refractivity contribution is 6.08. The van der Waals surface area contributed by atoms with Gasteiger partial charge in [-0.3, -0.25) is 4.90 Å². The molecule has 0 radical (unpaired) electrons. The lowest BCUT2D eigenvalue weighted by molar-refractivity contribution is 0.100. The predicted octanol–water partition coefficient (Wildman–Crippen LogP) is 4.60. The van der Waals surface area contributed by atoms with Crippen LogP contribution in [0.3, 0.4) is 0 Å². The van der Waals surface area contributed by atoms with Gasteiger partial charge in [-0.15, -0.1) is 0 Å². The highest BCUT2D eigenvalue weighted by Gasteiger charge is 2.29. The molecule has 1 unspecified atom stereocenters. The molecule has 1 N–H and O–H groups in total. The molecule has 0 saturated carbocycles. The average molecular weight is 393 g/mol. The van der Waals surface area contributed by atoms with Crippen molar-refractivity contribution in [1.82, 2.24) is 9.80 Å². The van der Waals surface area contributed by atoms with Crippen LogP contribution in [0.2, 0.25) is 0 Å². The van der Waals surface area contributed by atoms with Crippen molar-refractivity contribution in [2.24, 2.45) is 4.99 Å². The van der Waals surface area contributed by atoms with Crippen LogP contribution in [0, 0.1) is 0 Å². The van der Waals surface area contributed by atoms with Crippen LogP contribution in [0.25, 0.3) is 0 Å². The van der Waals surface area contributed by atoms with Gasteiger partial charge in [0.2, 0.25) is 0 Å². The van der Waals surface area contributed by atoms with Crippen molar-refractivity contribution in [3.8, 4) is 0 Å². The van der Waals surface area contributed by atoms with Gasteiger partial charge in [-0.2, -0.15) is 0 Å². The summed E-state index contributed by atoms with van der Waals surface area (Å²) in [5.41, 5.74) is 5.73. The van der Waals surface area contributed by atoms with Crippen molar-refractivity contribution in [3.63, 3.8) is 0 Å². The van der Waals surface area contributed by atoms with E-state index in [2.05, 4.69) is 78.5 Å². The second-order valence-electron chi connectivity index (χ2n) is 8.40. The predicted molar refractivity (Wildman–Crippen MR) is 121 cm³/mol. The van der Waals surface area contributed by atoms with E-state index in [-0.39, 0.29) is 0 Å². The second kappa shape index (κ2) is 8.56. The molecule has 2 aromatic carbocycles. The molecule has 0 aromatic heterocycles. The van der Waals surface area contributed by atoms with E-state index < -0.39 is 0 Å². The highest BCUT2D eigenvalue weighted by Crippen LogP contribution is 2.36. The smallest absolute Gasteiger partial charge is 0.138 e. The van der Waals surface area contributed by atoms with Gasteiger partial charge < -0.3 is 15.0 Å². The number of para-hydroxylation sites is 2. The van der Waals surface area contributed by atoms with Crippen LogP contribution in [0.5, 0.6) is 0 Å². The number of amidine groups is 1. The zero-order chi connectivity index (χ0) is 20.4. The number of fused-ring (bicyclic) bond motifs is 2. The van der Waals surface area contributed by atoms with Crippen LogP contribution in [0.1, 0.15) is 37.3 Å². The topological polar surface area (TPSA) is 40.1 Å². The zero-order valence-electron chi connectivity index (χ0n) is 18.0. The minimum Gasteiger partial charge on any atom is -0.385 e. The number of piperazine rings is 1. The van der Waals surface area contributed by atoms with Crippen molar-refractivity contribution in [2.45, 2.75) is 32.2 Å². The fourth-order valence-electron chi connectivity index (χ4n) is 4.16. The minimum atomic E-state index is 0.467. The quantitative estimate of drug-likeness (QED) is 0.826. The molecule has 1 atom stereocenters. The van der Waals surface area contributed by atoms with E-state index in [4.69, 9.17) is 9.73 Å². The van der Waals surface area contributed by atoms with Crippen molar-refractivity contribution in [2.75, 3.05) is 45.7 Å². The Balaban J connectivity index is 1.76. The standard InChI is InChI=1S/C24H32N4O/c1-17(2)18-9-10-21-20(15-18)24(26-23-8-6-5-7-22(23)25-21)28-13-12-27(3)19(16-28)11-14-29-4/h5-10,15,17,19,25H,11-14,16H2,1-4H3. The Bertz CT molecular complexity index is 892. The second-order valence-corrected chi connectivity index (χ2v) is 8.40. The van der Waals surface area contributed by atoms with Gasteiger partial charge in [-0.1, -0.05) is 32.0 Å². The third kappa shape index (κ3) is 4.16. The molecule has 2 aromatic rings. The first kappa shape index (κ1) is 19.9. The first-order valence-electron chi connectivity index (χ1n) is 10.6. The number of nitrogens with one attached hydrogen (secondary N) is 1. The number of nitrogens with zero attached hydrogens (tertiary/aromatic N) is 3. The molecule has 4 rings (SSSR count). The number of anilines is 2. The highest BCUT2D eigenvalue weighted by atomic mass is 16.5. The molecule has 154 valence electrons. The largest absolute Gasteiger partial charge is 0.385 e. The van der Waals surface area contributed by atoms with E-state index in [0.29, 0.717) is 12.0 Å². The molecule has 29 heavy (non-hydrogen) atoms. The summed E-state index contributed by atoms with van der Waals surface area (Å²) in [7, 11) is 4.00. The van der Waals surface area contributed by atoms with Gasteiger partial charge in [0.25, 0.3) is 0 Å². The zero-order valence-corrected chi connectivity index (χ0v) is 18.0. The number of benzene rings is 2. The normalized spacial score (nSPS) is 19.3. The molecule has 0 aliphatic carbocycles. The van der Waals surface area contributed by atoms with Crippen LogP contribution in [-0.2, 0) is 4.74 Å². The van der Waals surface area contributed by atoms with Crippen LogP contribution < -0.4 is 5.32 Å². The molecular formula is C24H32N4O. The third-order valence-electron chi connectivity index (χ3n) is 6.08. The Morgan fingerprint density at radius 1 is 1.14 bits per heavy atom.